The molecule has 0 bridgehead atoms. The number of hydrogen-bond acceptors (Lipinski definition) is 7. The van der Waals surface area contributed by atoms with Crippen LogP contribution in [0.15, 0.2) is 65.4 Å². The van der Waals surface area contributed by atoms with Gasteiger partial charge in [0, 0.05) is 22.3 Å². The molecule has 4 N–H and O–H groups in total. The number of carbonyl (C=O) groups excluding carboxylic acids is 3. The number of carbonyl (C=O) groups is 3. The highest BCUT2D eigenvalue weighted by molar-refractivity contribution is 6.24. The number of ketones is 3. The van der Waals surface area contributed by atoms with Crippen LogP contribution in [-0.4, -0.2) is 43.4 Å². The zero-order valence-electron chi connectivity index (χ0n) is 30.3. The predicted molar refractivity (Wildman–Crippen MR) is 196 cm³/mol. The van der Waals surface area contributed by atoms with Crippen molar-refractivity contribution in [3.63, 3.8) is 0 Å². The largest absolute Gasteiger partial charge is 0.508 e. The second kappa shape index (κ2) is 12.5. The van der Waals surface area contributed by atoms with Crippen LogP contribution < -0.4 is 0 Å². The second-order valence-electron chi connectivity index (χ2n) is 15.9. The van der Waals surface area contributed by atoms with Gasteiger partial charge in [0.05, 0.1) is 5.56 Å². The van der Waals surface area contributed by atoms with E-state index >= 15 is 0 Å². The van der Waals surface area contributed by atoms with Crippen molar-refractivity contribution in [2.75, 3.05) is 0 Å². The summed E-state index contributed by atoms with van der Waals surface area (Å²) in [5.41, 5.74) is -2.13. The minimum atomic E-state index is -2.64. The fourth-order valence-electron chi connectivity index (χ4n) is 10.2. The maximum Gasteiger partial charge on any atom is 0.203 e. The Balaban J connectivity index is 1.57. The van der Waals surface area contributed by atoms with E-state index < -0.39 is 56.8 Å². The summed E-state index contributed by atoms with van der Waals surface area (Å²) in [5, 5.41) is 49.3. The van der Waals surface area contributed by atoms with Crippen LogP contribution in [0, 0.1) is 28.6 Å². The Hall–Kier alpha value is -4.23. The van der Waals surface area contributed by atoms with Crippen LogP contribution in [0.25, 0.3) is 27.7 Å². The molecule has 1 unspecified atom stereocenters. The molecule has 264 valence electrons. The summed E-state index contributed by atoms with van der Waals surface area (Å²) in [7, 11) is 0. The normalized spacial score (nSPS) is 26.5. The minimum absolute atomic E-state index is 0.0515. The third-order valence-electron chi connectivity index (χ3n) is 12.1. The number of benzene rings is 3. The second-order valence-corrected chi connectivity index (χ2v) is 15.9. The molecule has 7 heteroatoms. The average Bonchev–Trinajstić information content (AvgIpc) is 3.03. The van der Waals surface area contributed by atoms with Crippen LogP contribution in [0.5, 0.6) is 5.75 Å². The fraction of sp³-hybridized carbons (Fsp3) is 0.465. The van der Waals surface area contributed by atoms with Crippen LogP contribution in [0.4, 0.5) is 0 Å². The number of aliphatic hydroxyl groups is 3. The van der Waals surface area contributed by atoms with Gasteiger partial charge in [-0.2, -0.15) is 0 Å². The number of phenolic OH excluding ortho intramolecular Hbond substituents is 1. The predicted octanol–water partition coefficient (Wildman–Crippen LogP) is 8.77. The van der Waals surface area contributed by atoms with Gasteiger partial charge in [-0.25, -0.2) is 0 Å². The van der Waals surface area contributed by atoms with E-state index in [9.17, 15) is 34.8 Å². The molecule has 1 saturated carbocycles. The van der Waals surface area contributed by atoms with Crippen LogP contribution >= 0.6 is 0 Å². The SMILES string of the molecule is CCCC(CCC)Cc1ccc(-c2ccc(O)c3c2C[C@]2(C)C[C@]4(C)C(C(C)C)C(=O)C(C(C)=O)=C(O)[C@]4(O)C(=O)C2=C3O)c2ccccc12. The summed E-state index contributed by atoms with van der Waals surface area (Å²) in [6.07, 6.45) is 5.86. The molecule has 3 aromatic rings. The molecule has 7 nitrogen and oxygen atoms in total. The lowest BCUT2D eigenvalue weighted by atomic mass is 9.43. The van der Waals surface area contributed by atoms with Crippen molar-refractivity contribution in [1.82, 2.24) is 0 Å². The average molecular weight is 679 g/mol. The number of allylic oxidation sites excluding steroid dienone is 1. The van der Waals surface area contributed by atoms with E-state index in [1.165, 1.54) is 24.5 Å². The summed E-state index contributed by atoms with van der Waals surface area (Å²) in [4.78, 5) is 41.2. The van der Waals surface area contributed by atoms with Crippen molar-refractivity contribution in [1.29, 1.82) is 0 Å². The third-order valence-corrected chi connectivity index (χ3v) is 12.1. The highest BCUT2D eigenvalue weighted by Gasteiger charge is 2.72. The molecule has 3 aliphatic carbocycles. The summed E-state index contributed by atoms with van der Waals surface area (Å²) in [6, 6.07) is 16.0. The van der Waals surface area contributed by atoms with Crippen LogP contribution in [0.3, 0.4) is 0 Å². The maximum atomic E-state index is 14.7. The number of Topliss-reactive ketones (excluding diaryl/α,β-unsaturated/α-hetero) is 3. The van der Waals surface area contributed by atoms with Gasteiger partial charge in [-0.3, -0.25) is 14.4 Å². The van der Waals surface area contributed by atoms with Crippen LogP contribution in [0.1, 0.15) is 97.3 Å². The topological polar surface area (TPSA) is 132 Å². The molecule has 6 rings (SSSR count). The lowest BCUT2D eigenvalue weighted by Gasteiger charge is -2.59. The van der Waals surface area contributed by atoms with E-state index in [4.69, 9.17) is 0 Å². The lowest BCUT2D eigenvalue weighted by Crippen LogP contribution is -2.69. The molecule has 1 fully saturated rings. The zero-order chi connectivity index (χ0) is 36.5. The van der Waals surface area contributed by atoms with E-state index in [-0.39, 0.29) is 35.6 Å². The molecule has 0 radical (unpaired) electrons. The smallest absolute Gasteiger partial charge is 0.203 e. The first kappa shape index (κ1) is 35.6. The highest BCUT2D eigenvalue weighted by Crippen LogP contribution is 2.65. The lowest BCUT2D eigenvalue weighted by molar-refractivity contribution is -0.178. The number of phenols is 1. The Morgan fingerprint density at radius 1 is 0.900 bits per heavy atom. The number of aliphatic hydroxyl groups excluding tert-OH is 2. The van der Waals surface area contributed by atoms with E-state index in [0.29, 0.717) is 11.5 Å². The van der Waals surface area contributed by atoms with Gasteiger partial charge in [-0.15, -0.1) is 0 Å². The van der Waals surface area contributed by atoms with Crippen molar-refractivity contribution in [3.8, 4) is 16.9 Å². The fourth-order valence-corrected chi connectivity index (χ4v) is 10.2. The highest BCUT2D eigenvalue weighted by atomic mass is 16.3. The number of rotatable bonds is 9. The van der Waals surface area contributed by atoms with Gasteiger partial charge in [0.25, 0.3) is 0 Å². The van der Waals surface area contributed by atoms with Gasteiger partial charge < -0.3 is 20.4 Å². The zero-order valence-corrected chi connectivity index (χ0v) is 30.3. The molecule has 0 heterocycles. The molecule has 0 saturated heterocycles. The Kier molecular flexibility index (Phi) is 8.91. The van der Waals surface area contributed by atoms with Gasteiger partial charge >= 0.3 is 0 Å². The standard InChI is InChI=1S/C43H50O7/c1-8-12-25(13-9-2)20-26-16-17-29(28-15-11-10-14-27(26)28)30-18-19-32(45)34-31(30)21-41(6)22-42(7)35(23(3)4)37(46)33(24(5)44)39(48)43(42,50)40(49)36(41)38(34)47/h10-11,14-19,23,25,35,45,47-48,50H,8-9,12-13,20-22H2,1-7H3/t35?,41-,42-,43+/m1/s1. The molecule has 50 heavy (non-hydrogen) atoms. The molecule has 0 aromatic heterocycles. The van der Waals surface area contributed by atoms with Crippen molar-refractivity contribution in [2.24, 2.45) is 28.6 Å². The summed E-state index contributed by atoms with van der Waals surface area (Å²) < 4.78 is 0. The van der Waals surface area contributed by atoms with E-state index in [1.807, 2.05) is 25.1 Å². The maximum absolute atomic E-state index is 14.7. The van der Waals surface area contributed by atoms with Gasteiger partial charge in [-0.1, -0.05) is 110 Å². The van der Waals surface area contributed by atoms with Gasteiger partial charge in [-0.05, 0) is 77.1 Å². The minimum Gasteiger partial charge on any atom is -0.508 e. The first-order valence-corrected chi connectivity index (χ1v) is 18.1. The molecule has 0 amide bonds. The molecule has 0 spiro atoms. The number of aromatic hydroxyl groups is 1. The van der Waals surface area contributed by atoms with Gasteiger partial charge in [0.2, 0.25) is 5.78 Å². The first-order valence-electron chi connectivity index (χ1n) is 18.1. The van der Waals surface area contributed by atoms with E-state index in [2.05, 4.69) is 38.1 Å². The number of hydrogen-bond donors (Lipinski definition) is 4. The van der Waals surface area contributed by atoms with Crippen molar-refractivity contribution >= 4 is 33.9 Å². The van der Waals surface area contributed by atoms with E-state index in [0.717, 1.165) is 48.1 Å². The van der Waals surface area contributed by atoms with Crippen LogP contribution in [0.2, 0.25) is 0 Å². The Morgan fingerprint density at radius 2 is 1.52 bits per heavy atom. The molecule has 3 aliphatic rings. The summed E-state index contributed by atoms with van der Waals surface area (Å²) in [5.74, 6) is -4.69. The molecular weight excluding hydrogens is 628 g/mol. The summed E-state index contributed by atoms with van der Waals surface area (Å²) >= 11 is 0. The van der Waals surface area contributed by atoms with Crippen LogP contribution in [-0.2, 0) is 27.2 Å². The van der Waals surface area contributed by atoms with Crippen molar-refractivity contribution in [2.45, 2.75) is 99.0 Å². The summed E-state index contributed by atoms with van der Waals surface area (Å²) in [6.45, 7) is 12.7. The quantitative estimate of drug-likeness (QED) is 0.166. The molecule has 0 aliphatic heterocycles. The number of fused-ring (bicyclic) bond motifs is 4. The molecule has 3 aromatic carbocycles. The van der Waals surface area contributed by atoms with Gasteiger partial charge in [0.1, 0.15) is 22.8 Å². The Morgan fingerprint density at radius 3 is 2.12 bits per heavy atom. The molecular formula is C43H50O7. The van der Waals surface area contributed by atoms with Crippen molar-refractivity contribution < 1.29 is 34.8 Å². The Labute approximate surface area is 294 Å². The van der Waals surface area contributed by atoms with Crippen molar-refractivity contribution in [3.05, 3.63) is 82.1 Å². The molecule has 4 atom stereocenters. The van der Waals surface area contributed by atoms with Gasteiger partial charge in [0.15, 0.2) is 17.2 Å². The monoisotopic (exact) mass is 678 g/mol. The first-order chi connectivity index (χ1) is 23.6. The third kappa shape index (κ3) is 4.98. The van der Waals surface area contributed by atoms with E-state index in [1.54, 1.807) is 20.8 Å². The Bertz CT molecular complexity index is 1990.